The molecule has 0 heterocycles. The molecular weight excluding hydrogens is 234 g/mol. The zero-order valence-corrected chi connectivity index (χ0v) is 10.8. The van der Waals surface area contributed by atoms with E-state index in [1.807, 2.05) is 25.1 Å². The van der Waals surface area contributed by atoms with Gasteiger partial charge in [0, 0.05) is 6.54 Å². The molecule has 0 atom stereocenters. The monoisotopic (exact) mass is 255 g/mol. The predicted molar refractivity (Wildman–Crippen MR) is 68.6 cm³/mol. The lowest BCUT2D eigenvalue weighted by Crippen LogP contribution is -2.54. The lowest BCUT2D eigenvalue weighted by Gasteiger charge is -2.29. The Bertz CT molecular complexity index is 369. The molecule has 4 N–H and O–H groups in total. The molecule has 18 heavy (non-hydrogen) atoms. The van der Waals surface area contributed by atoms with Gasteiger partial charge in [0.2, 0.25) is 0 Å². The number of rotatable bonds is 7. The second kappa shape index (κ2) is 6.70. The van der Waals surface area contributed by atoms with Crippen LogP contribution in [0.25, 0.3) is 0 Å². The third kappa shape index (κ3) is 3.43. The third-order valence-corrected chi connectivity index (χ3v) is 3.03. The maximum absolute atomic E-state index is 9.19. The van der Waals surface area contributed by atoms with Crippen molar-refractivity contribution in [2.75, 3.05) is 26.9 Å². The molecule has 1 aromatic rings. The maximum atomic E-state index is 9.19. The summed E-state index contributed by atoms with van der Waals surface area (Å²) in [4.78, 5) is 0. The van der Waals surface area contributed by atoms with Gasteiger partial charge >= 0.3 is 0 Å². The molecule has 0 saturated carbocycles. The summed E-state index contributed by atoms with van der Waals surface area (Å²) in [5.74, 6) is 0.816. The van der Waals surface area contributed by atoms with Crippen molar-refractivity contribution in [1.82, 2.24) is 5.32 Å². The van der Waals surface area contributed by atoms with E-state index in [0.717, 1.165) is 16.9 Å². The maximum Gasteiger partial charge on any atom is 0.121 e. The van der Waals surface area contributed by atoms with Gasteiger partial charge in [-0.05, 0) is 24.1 Å². The average molecular weight is 255 g/mol. The first-order chi connectivity index (χ1) is 8.60. The summed E-state index contributed by atoms with van der Waals surface area (Å²) in [5, 5.41) is 30.5. The fourth-order valence-electron chi connectivity index (χ4n) is 1.66. The Morgan fingerprint density at radius 1 is 1.17 bits per heavy atom. The third-order valence-electron chi connectivity index (χ3n) is 3.03. The van der Waals surface area contributed by atoms with E-state index in [0.29, 0.717) is 6.54 Å². The van der Waals surface area contributed by atoms with Crippen LogP contribution in [0.15, 0.2) is 18.2 Å². The van der Waals surface area contributed by atoms with Gasteiger partial charge < -0.3 is 25.4 Å². The van der Waals surface area contributed by atoms with Gasteiger partial charge in [0.15, 0.2) is 0 Å². The fourth-order valence-corrected chi connectivity index (χ4v) is 1.66. The molecule has 1 aromatic carbocycles. The van der Waals surface area contributed by atoms with E-state index in [1.54, 1.807) is 7.11 Å². The Kier molecular flexibility index (Phi) is 5.55. The minimum absolute atomic E-state index is 0.324. The van der Waals surface area contributed by atoms with E-state index in [1.165, 1.54) is 0 Å². The number of methoxy groups -OCH3 is 1. The smallest absolute Gasteiger partial charge is 0.121 e. The number of aliphatic hydroxyl groups is 3. The SMILES string of the molecule is COc1ccc(CNC(CO)(CO)CO)cc1C. The summed E-state index contributed by atoms with van der Waals surface area (Å²) in [6, 6.07) is 5.73. The molecule has 0 aliphatic heterocycles. The van der Waals surface area contributed by atoms with Crippen molar-refractivity contribution in [2.45, 2.75) is 19.0 Å². The molecule has 0 aliphatic carbocycles. The topological polar surface area (TPSA) is 82.0 Å². The predicted octanol–water partition coefficient (Wildman–Crippen LogP) is -0.191. The highest BCUT2D eigenvalue weighted by Gasteiger charge is 2.26. The van der Waals surface area contributed by atoms with E-state index in [4.69, 9.17) is 4.74 Å². The summed E-state index contributed by atoms with van der Waals surface area (Å²) in [6.45, 7) is 1.42. The van der Waals surface area contributed by atoms with Crippen LogP contribution in [0, 0.1) is 6.92 Å². The first-order valence-corrected chi connectivity index (χ1v) is 5.82. The van der Waals surface area contributed by atoms with Crippen LogP contribution in [0.4, 0.5) is 0 Å². The summed E-state index contributed by atoms with van der Waals surface area (Å²) >= 11 is 0. The molecule has 0 saturated heterocycles. The number of aryl methyl sites for hydroxylation is 1. The molecule has 0 aromatic heterocycles. The van der Waals surface area contributed by atoms with Crippen LogP contribution < -0.4 is 10.1 Å². The molecule has 0 fully saturated rings. The lowest BCUT2D eigenvalue weighted by atomic mass is 10.0. The first kappa shape index (κ1) is 14.9. The van der Waals surface area contributed by atoms with Crippen LogP contribution in [0.2, 0.25) is 0 Å². The van der Waals surface area contributed by atoms with Gasteiger partial charge in [0.25, 0.3) is 0 Å². The van der Waals surface area contributed by atoms with Gasteiger partial charge in [0.1, 0.15) is 5.75 Å². The summed E-state index contributed by atoms with van der Waals surface area (Å²) in [7, 11) is 1.62. The number of nitrogens with one attached hydrogen (secondary N) is 1. The minimum Gasteiger partial charge on any atom is -0.496 e. The number of hydrogen-bond acceptors (Lipinski definition) is 5. The van der Waals surface area contributed by atoms with Crippen LogP contribution in [0.3, 0.4) is 0 Å². The van der Waals surface area contributed by atoms with Crippen LogP contribution in [-0.2, 0) is 6.54 Å². The quantitative estimate of drug-likeness (QED) is 0.543. The molecular formula is C13H21NO4. The summed E-state index contributed by atoms with van der Waals surface area (Å²) in [5.41, 5.74) is 0.959. The Hall–Kier alpha value is -1.14. The van der Waals surface area contributed by atoms with E-state index in [-0.39, 0.29) is 19.8 Å². The molecule has 5 nitrogen and oxygen atoms in total. The highest BCUT2D eigenvalue weighted by atomic mass is 16.5. The van der Waals surface area contributed by atoms with Crippen molar-refractivity contribution in [3.63, 3.8) is 0 Å². The highest BCUT2D eigenvalue weighted by molar-refractivity contribution is 5.36. The molecule has 0 bridgehead atoms. The Balaban J connectivity index is 2.71. The van der Waals surface area contributed by atoms with Crippen molar-refractivity contribution < 1.29 is 20.1 Å². The van der Waals surface area contributed by atoms with Gasteiger partial charge in [-0.2, -0.15) is 0 Å². The minimum atomic E-state index is -1.05. The molecule has 0 radical (unpaired) electrons. The van der Waals surface area contributed by atoms with Crippen molar-refractivity contribution in [3.05, 3.63) is 29.3 Å². The fraction of sp³-hybridized carbons (Fsp3) is 0.538. The summed E-state index contributed by atoms with van der Waals surface area (Å²) < 4.78 is 5.17. The molecule has 0 aliphatic rings. The van der Waals surface area contributed by atoms with Crippen molar-refractivity contribution in [2.24, 2.45) is 0 Å². The number of benzene rings is 1. The summed E-state index contributed by atoms with van der Waals surface area (Å²) in [6.07, 6.45) is 0. The molecule has 0 spiro atoms. The van der Waals surface area contributed by atoms with Crippen molar-refractivity contribution in [1.29, 1.82) is 0 Å². The lowest BCUT2D eigenvalue weighted by molar-refractivity contribution is 0.0414. The second-order valence-corrected chi connectivity index (χ2v) is 4.41. The highest BCUT2D eigenvalue weighted by Crippen LogP contribution is 2.18. The average Bonchev–Trinajstić information content (AvgIpc) is 2.41. The van der Waals surface area contributed by atoms with E-state index in [2.05, 4.69) is 5.32 Å². The number of aliphatic hydroxyl groups excluding tert-OH is 3. The molecule has 0 amide bonds. The Morgan fingerprint density at radius 3 is 2.22 bits per heavy atom. The largest absolute Gasteiger partial charge is 0.496 e. The van der Waals surface area contributed by atoms with Crippen LogP contribution in [0.1, 0.15) is 11.1 Å². The molecule has 0 unspecified atom stereocenters. The van der Waals surface area contributed by atoms with Gasteiger partial charge in [-0.25, -0.2) is 0 Å². The van der Waals surface area contributed by atoms with Gasteiger partial charge in [-0.3, -0.25) is 0 Å². The second-order valence-electron chi connectivity index (χ2n) is 4.41. The number of ether oxygens (including phenoxy) is 1. The zero-order chi connectivity index (χ0) is 13.6. The van der Waals surface area contributed by atoms with E-state index < -0.39 is 5.54 Å². The normalized spacial score (nSPS) is 11.6. The molecule has 5 heteroatoms. The van der Waals surface area contributed by atoms with Gasteiger partial charge in [-0.1, -0.05) is 12.1 Å². The van der Waals surface area contributed by atoms with E-state index >= 15 is 0 Å². The van der Waals surface area contributed by atoms with E-state index in [9.17, 15) is 15.3 Å². The standard InChI is InChI=1S/C13H21NO4/c1-10-5-11(3-4-12(10)18-2)6-14-13(7-15,8-16)9-17/h3-5,14-17H,6-9H2,1-2H3. The molecule has 102 valence electrons. The number of hydrogen-bond donors (Lipinski definition) is 4. The first-order valence-electron chi connectivity index (χ1n) is 5.82. The van der Waals surface area contributed by atoms with Crippen LogP contribution in [-0.4, -0.2) is 47.8 Å². The van der Waals surface area contributed by atoms with Crippen molar-refractivity contribution >= 4 is 0 Å². The van der Waals surface area contributed by atoms with Gasteiger partial charge in [-0.15, -0.1) is 0 Å². The zero-order valence-electron chi connectivity index (χ0n) is 10.8. The van der Waals surface area contributed by atoms with Crippen LogP contribution >= 0.6 is 0 Å². The van der Waals surface area contributed by atoms with Gasteiger partial charge in [0.05, 0.1) is 32.5 Å². The Morgan fingerprint density at radius 2 is 1.78 bits per heavy atom. The molecule has 1 rings (SSSR count). The van der Waals surface area contributed by atoms with Crippen LogP contribution in [0.5, 0.6) is 5.75 Å². The Labute approximate surface area is 107 Å². The van der Waals surface area contributed by atoms with Crippen molar-refractivity contribution in [3.8, 4) is 5.75 Å².